The van der Waals surface area contributed by atoms with Gasteiger partial charge in [-0.05, 0) is 25.1 Å². The first-order valence-electron chi connectivity index (χ1n) is 5.95. The molecule has 5 heteroatoms. The van der Waals surface area contributed by atoms with Crippen LogP contribution in [0.4, 0.5) is 0 Å². The number of thiazole rings is 1. The highest BCUT2D eigenvalue weighted by atomic mass is 32.1. The summed E-state index contributed by atoms with van der Waals surface area (Å²) >= 11 is 1.72. The molecule has 0 radical (unpaired) electrons. The normalized spacial score (nSPS) is 11.3. The van der Waals surface area contributed by atoms with Crippen LogP contribution in [0.5, 0.6) is 0 Å². The Morgan fingerprint density at radius 3 is 2.83 bits per heavy atom. The van der Waals surface area contributed by atoms with Crippen LogP contribution in [0.1, 0.15) is 17.8 Å². The number of aromatic nitrogens is 4. The van der Waals surface area contributed by atoms with Crippen molar-refractivity contribution in [2.75, 3.05) is 0 Å². The largest absolute Gasteiger partial charge is 0.249 e. The summed E-state index contributed by atoms with van der Waals surface area (Å²) in [5, 5.41) is 5.47. The third kappa shape index (κ3) is 1.80. The van der Waals surface area contributed by atoms with Gasteiger partial charge < -0.3 is 0 Å². The summed E-state index contributed by atoms with van der Waals surface area (Å²) in [4.78, 5) is 9.06. The van der Waals surface area contributed by atoms with Crippen molar-refractivity contribution in [3.05, 3.63) is 29.0 Å². The topological polar surface area (TPSA) is 43.6 Å². The van der Waals surface area contributed by atoms with Gasteiger partial charge in [0.15, 0.2) is 11.6 Å². The van der Waals surface area contributed by atoms with Gasteiger partial charge in [0.25, 0.3) is 0 Å². The zero-order chi connectivity index (χ0) is 12.7. The van der Waals surface area contributed by atoms with Crippen molar-refractivity contribution in [1.29, 1.82) is 0 Å². The van der Waals surface area contributed by atoms with Crippen molar-refractivity contribution in [3.8, 4) is 11.4 Å². The van der Waals surface area contributed by atoms with Crippen molar-refractivity contribution >= 4 is 21.6 Å². The molecule has 2 heterocycles. The van der Waals surface area contributed by atoms with Gasteiger partial charge in [-0.1, -0.05) is 6.92 Å². The molecule has 0 spiro atoms. The lowest BCUT2D eigenvalue weighted by atomic mass is 10.2. The fourth-order valence-corrected chi connectivity index (χ4v) is 2.83. The average Bonchev–Trinajstić information content (AvgIpc) is 2.89. The summed E-state index contributed by atoms with van der Waals surface area (Å²) in [5.41, 5.74) is 2.11. The molecule has 3 aromatic rings. The minimum absolute atomic E-state index is 0.853. The lowest BCUT2D eigenvalue weighted by Gasteiger charge is -1.99. The van der Waals surface area contributed by atoms with Crippen LogP contribution in [0.25, 0.3) is 21.6 Å². The van der Waals surface area contributed by atoms with Crippen LogP contribution >= 0.6 is 11.3 Å². The van der Waals surface area contributed by atoms with E-state index in [4.69, 9.17) is 0 Å². The van der Waals surface area contributed by atoms with Crippen LogP contribution in [-0.4, -0.2) is 19.7 Å². The van der Waals surface area contributed by atoms with Crippen LogP contribution < -0.4 is 0 Å². The maximum Gasteiger partial charge on any atom is 0.158 e. The van der Waals surface area contributed by atoms with E-state index in [1.54, 1.807) is 11.3 Å². The highest BCUT2D eigenvalue weighted by molar-refractivity contribution is 7.18. The van der Waals surface area contributed by atoms with Gasteiger partial charge in [0.1, 0.15) is 0 Å². The van der Waals surface area contributed by atoms with Crippen LogP contribution in [0, 0.1) is 6.92 Å². The van der Waals surface area contributed by atoms with E-state index in [-0.39, 0.29) is 0 Å². The molecular formula is C13H14N4S. The molecular weight excluding hydrogens is 244 g/mol. The number of fused-ring (bicyclic) bond motifs is 1. The average molecular weight is 258 g/mol. The first kappa shape index (κ1) is 11.3. The SMILES string of the molecule is CCc1nc(-c2ccc3sc(C)nc3c2)n(C)n1. The van der Waals surface area contributed by atoms with E-state index in [9.17, 15) is 0 Å². The number of nitrogens with zero attached hydrogens (tertiary/aromatic N) is 4. The molecule has 0 aliphatic carbocycles. The van der Waals surface area contributed by atoms with E-state index in [1.807, 2.05) is 18.7 Å². The van der Waals surface area contributed by atoms with Gasteiger partial charge >= 0.3 is 0 Å². The smallest absolute Gasteiger partial charge is 0.158 e. The van der Waals surface area contributed by atoms with E-state index in [2.05, 4.69) is 40.2 Å². The Morgan fingerprint density at radius 2 is 2.11 bits per heavy atom. The molecule has 2 aromatic heterocycles. The third-order valence-corrected chi connectivity index (χ3v) is 3.83. The molecule has 92 valence electrons. The monoisotopic (exact) mass is 258 g/mol. The van der Waals surface area contributed by atoms with E-state index in [1.165, 1.54) is 4.70 Å². The van der Waals surface area contributed by atoms with E-state index < -0.39 is 0 Å². The standard InChI is InChI=1S/C13H14N4S/c1-4-12-15-13(17(3)16-12)9-5-6-11-10(7-9)14-8(2)18-11/h5-7H,4H2,1-3H3. The Balaban J connectivity index is 2.15. The van der Waals surface area contributed by atoms with Gasteiger partial charge in [-0.3, -0.25) is 0 Å². The lowest BCUT2D eigenvalue weighted by Crippen LogP contribution is -1.94. The van der Waals surface area contributed by atoms with Crippen molar-refractivity contribution in [2.45, 2.75) is 20.3 Å². The van der Waals surface area contributed by atoms with Gasteiger partial charge in [-0.15, -0.1) is 11.3 Å². The number of hydrogen-bond donors (Lipinski definition) is 0. The Kier molecular flexibility index (Phi) is 2.63. The zero-order valence-corrected chi connectivity index (χ0v) is 11.5. The summed E-state index contributed by atoms with van der Waals surface area (Å²) in [6.45, 7) is 4.09. The molecule has 1 aromatic carbocycles. The first-order valence-corrected chi connectivity index (χ1v) is 6.76. The molecule has 3 rings (SSSR count). The predicted octanol–water partition coefficient (Wildman–Crippen LogP) is 2.96. The molecule has 0 aliphatic rings. The summed E-state index contributed by atoms with van der Waals surface area (Å²) in [6.07, 6.45) is 0.853. The third-order valence-electron chi connectivity index (χ3n) is 2.88. The molecule has 0 aliphatic heterocycles. The fourth-order valence-electron chi connectivity index (χ4n) is 2.02. The van der Waals surface area contributed by atoms with Crippen LogP contribution in [0.15, 0.2) is 18.2 Å². The summed E-state index contributed by atoms with van der Waals surface area (Å²) in [7, 11) is 1.93. The van der Waals surface area contributed by atoms with Gasteiger partial charge in [0.05, 0.1) is 15.2 Å². The second-order valence-corrected chi connectivity index (χ2v) is 5.48. The highest BCUT2D eigenvalue weighted by Gasteiger charge is 2.10. The summed E-state index contributed by atoms with van der Waals surface area (Å²) < 4.78 is 3.05. The van der Waals surface area contributed by atoms with E-state index >= 15 is 0 Å². The molecule has 0 atom stereocenters. The maximum absolute atomic E-state index is 4.54. The Hall–Kier alpha value is -1.75. The lowest BCUT2D eigenvalue weighted by molar-refractivity contribution is 0.753. The zero-order valence-electron chi connectivity index (χ0n) is 10.6. The van der Waals surface area contributed by atoms with Crippen LogP contribution in [0.2, 0.25) is 0 Å². The molecule has 0 saturated carbocycles. The summed E-state index contributed by atoms with van der Waals surface area (Å²) in [6, 6.07) is 6.28. The predicted molar refractivity (Wildman–Crippen MR) is 73.7 cm³/mol. The number of aryl methyl sites for hydroxylation is 3. The van der Waals surface area contributed by atoms with Gasteiger partial charge in [-0.2, -0.15) is 5.10 Å². The minimum Gasteiger partial charge on any atom is -0.249 e. The van der Waals surface area contributed by atoms with Crippen molar-refractivity contribution < 1.29 is 0 Å². The number of hydrogen-bond acceptors (Lipinski definition) is 4. The Bertz CT molecular complexity index is 711. The molecule has 0 fully saturated rings. The van der Waals surface area contributed by atoms with Crippen molar-refractivity contribution in [2.24, 2.45) is 7.05 Å². The van der Waals surface area contributed by atoms with Crippen molar-refractivity contribution in [1.82, 2.24) is 19.7 Å². The number of benzene rings is 1. The second kappa shape index (κ2) is 4.17. The first-order chi connectivity index (χ1) is 8.67. The van der Waals surface area contributed by atoms with Gasteiger partial charge in [0, 0.05) is 19.0 Å². The highest BCUT2D eigenvalue weighted by Crippen LogP contribution is 2.26. The molecule has 18 heavy (non-hydrogen) atoms. The van der Waals surface area contributed by atoms with E-state index in [0.717, 1.165) is 34.2 Å². The summed E-state index contributed by atoms with van der Waals surface area (Å²) in [5.74, 6) is 1.78. The second-order valence-electron chi connectivity index (χ2n) is 4.24. The molecule has 0 saturated heterocycles. The number of rotatable bonds is 2. The Morgan fingerprint density at radius 1 is 1.28 bits per heavy atom. The molecule has 0 N–H and O–H groups in total. The van der Waals surface area contributed by atoms with Crippen LogP contribution in [0.3, 0.4) is 0 Å². The fraction of sp³-hybridized carbons (Fsp3) is 0.308. The van der Waals surface area contributed by atoms with Gasteiger partial charge in [-0.25, -0.2) is 14.6 Å². The Labute approximate surface area is 109 Å². The molecule has 0 amide bonds. The van der Waals surface area contributed by atoms with Gasteiger partial charge in [0.2, 0.25) is 0 Å². The van der Waals surface area contributed by atoms with E-state index in [0.29, 0.717) is 0 Å². The molecule has 0 unspecified atom stereocenters. The maximum atomic E-state index is 4.54. The van der Waals surface area contributed by atoms with Crippen LogP contribution in [-0.2, 0) is 13.5 Å². The van der Waals surface area contributed by atoms with Crippen molar-refractivity contribution in [3.63, 3.8) is 0 Å². The quantitative estimate of drug-likeness (QED) is 0.709. The molecule has 0 bridgehead atoms. The molecule has 4 nitrogen and oxygen atoms in total. The minimum atomic E-state index is 0.853.